The molecule has 0 saturated heterocycles. The van der Waals surface area contributed by atoms with Gasteiger partial charge in [-0.15, -0.1) is 0 Å². The van der Waals surface area contributed by atoms with E-state index in [0.29, 0.717) is 5.69 Å². The fraction of sp³-hybridized carbons (Fsp3) is 0.300. The Bertz CT molecular complexity index is 464. The molecule has 0 saturated carbocycles. The van der Waals surface area contributed by atoms with Crippen LogP contribution in [-0.2, 0) is 19.4 Å². The molecule has 0 radical (unpaired) electrons. The number of esters is 1. The summed E-state index contributed by atoms with van der Waals surface area (Å²) >= 11 is 0. The predicted molar refractivity (Wildman–Crippen MR) is 59.5 cm³/mol. The third-order valence-electron chi connectivity index (χ3n) is 2.04. The molecular formula is C10H13NO4S. The molecule has 0 atom stereocenters. The van der Waals surface area contributed by atoms with Crippen molar-refractivity contribution in [3.05, 3.63) is 24.3 Å². The summed E-state index contributed by atoms with van der Waals surface area (Å²) in [5.74, 6) is -0.803. The summed E-state index contributed by atoms with van der Waals surface area (Å²) in [6, 6.07) is 5.85. The summed E-state index contributed by atoms with van der Waals surface area (Å²) in [5, 5.41) is 0. The van der Waals surface area contributed by atoms with Crippen LogP contribution >= 0.6 is 0 Å². The number of benzene rings is 1. The van der Waals surface area contributed by atoms with E-state index in [1.165, 1.54) is 31.4 Å². The molecule has 88 valence electrons. The van der Waals surface area contributed by atoms with Gasteiger partial charge in [-0.2, -0.15) is 0 Å². The second kappa shape index (κ2) is 4.98. The average Bonchev–Trinajstić information content (AvgIpc) is 2.26. The van der Waals surface area contributed by atoms with Crippen molar-refractivity contribution in [1.82, 2.24) is 0 Å². The number of nitrogens with two attached hydrogens (primary N) is 1. The van der Waals surface area contributed by atoms with Crippen LogP contribution < -0.4 is 5.73 Å². The second-order valence-corrected chi connectivity index (χ2v) is 5.32. The second-order valence-electron chi connectivity index (χ2n) is 3.21. The van der Waals surface area contributed by atoms with E-state index < -0.39 is 15.8 Å². The van der Waals surface area contributed by atoms with Crippen LogP contribution in [0.5, 0.6) is 0 Å². The number of methoxy groups -OCH3 is 1. The predicted octanol–water partition coefficient (Wildman–Crippen LogP) is 0.606. The number of carbonyl (C=O) groups excluding carboxylic acids is 1. The molecule has 6 heteroatoms. The van der Waals surface area contributed by atoms with Gasteiger partial charge in [0, 0.05) is 5.69 Å². The largest absolute Gasteiger partial charge is 0.469 e. The van der Waals surface area contributed by atoms with Gasteiger partial charge in [-0.25, -0.2) is 8.42 Å². The number of ether oxygens (including phenoxy) is 1. The number of rotatable bonds is 4. The van der Waals surface area contributed by atoms with Crippen LogP contribution in [0.1, 0.15) is 6.42 Å². The van der Waals surface area contributed by atoms with Gasteiger partial charge in [-0.3, -0.25) is 4.79 Å². The lowest BCUT2D eigenvalue weighted by Gasteiger charge is -2.03. The molecule has 0 heterocycles. The first-order valence-corrected chi connectivity index (χ1v) is 6.26. The first-order chi connectivity index (χ1) is 7.45. The third kappa shape index (κ3) is 3.23. The van der Waals surface area contributed by atoms with Crippen molar-refractivity contribution >= 4 is 21.5 Å². The van der Waals surface area contributed by atoms with Crippen LogP contribution in [0.15, 0.2) is 29.2 Å². The SMILES string of the molecule is COC(=O)CCS(=O)(=O)c1ccc(N)cc1. The van der Waals surface area contributed by atoms with E-state index in [-0.39, 0.29) is 17.1 Å². The molecule has 16 heavy (non-hydrogen) atoms. The Balaban J connectivity index is 2.78. The average molecular weight is 243 g/mol. The van der Waals surface area contributed by atoms with E-state index in [2.05, 4.69) is 4.74 Å². The van der Waals surface area contributed by atoms with E-state index in [0.717, 1.165) is 0 Å². The maximum atomic E-state index is 11.7. The highest BCUT2D eigenvalue weighted by Gasteiger charge is 2.16. The lowest BCUT2D eigenvalue weighted by molar-refractivity contribution is -0.140. The standard InChI is InChI=1S/C10H13NO4S/c1-15-10(12)6-7-16(13,14)9-4-2-8(11)3-5-9/h2-5H,6-7,11H2,1H3. The zero-order valence-electron chi connectivity index (χ0n) is 8.84. The first kappa shape index (κ1) is 12.5. The topological polar surface area (TPSA) is 86.5 Å². The van der Waals surface area contributed by atoms with Crippen molar-refractivity contribution < 1.29 is 17.9 Å². The van der Waals surface area contributed by atoms with Crippen LogP contribution in [0, 0.1) is 0 Å². The van der Waals surface area contributed by atoms with Crippen molar-refractivity contribution in [2.75, 3.05) is 18.6 Å². The molecule has 0 aliphatic heterocycles. The number of hydrogen-bond acceptors (Lipinski definition) is 5. The minimum absolute atomic E-state index is 0.150. The summed E-state index contributed by atoms with van der Waals surface area (Å²) in [7, 11) is -2.22. The minimum Gasteiger partial charge on any atom is -0.469 e. The zero-order valence-corrected chi connectivity index (χ0v) is 9.66. The van der Waals surface area contributed by atoms with Crippen molar-refractivity contribution in [2.45, 2.75) is 11.3 Å². The monoisotopic (exact) mass is 243 g/mol. The quantitative estimate of drug-likeness (QED) is 0.618. The third-order valence-corrected chi connectivity index (χ3v) is 3.77. The van der Waals surface area contributed by atoms with Crippen LogP contribution in [-0.4, -0.2) is 27.2 Å². The van der Waals surface area contributed by atoms with Gasteiger partial charge < -0.3 is 10.5 Å². The van der Waals surface area contributed by atoms with Crippen molar-refractivity contribution in [1.29, 1.82) is 0 Å². The maximum Gasteiger partial charge on any atom is 0.306 e. The Morgan fingerprint density at radius 3 is 2.38 bits per heavy atom. The van der Waals surface area contributed by atoms with Gasteiger partial charge in [0.1, 0.15) is 0 Å². The molecule has 0 unspecified atom stereocenters. The molecule has 0 spiro atoms. The Morgan fingerprint density at radius 1 is 1.31 bits per heavy atom. The Morgan fingerprint density at radius 2 is 1.88 bits per heavy atom. The Kier molecular flexibility index (Phi) is 3.89. The maximum absolute atomic E-state index is 11.7. The molecule has 5 nitrogen and oxygen atoms in total. The highest BCUT2D eigenvalue weighted by atomic mass is 32.2. The number of anilines is 1. The smallest absolute Gasteiger partial charge is 0.306 e. The van der Waals surface area contributed by atoms with Crippen LogP contribution in [0.4, 0.5) is 5.69 Å². The summed E-state index contributed by atoms with van der Waals surface area (Å²) < 4.78 is 27.8. The molecule has 1 rings (SSSR count). The molecule has 0 amide bonds. The fourth-order valence-electron chi connectivity index (χ4n) is 1.11. The normalized spacial score (nSPS) is 11.1. The van der Waals surface area contributed by atoms with E-state index in [1.54, 1.807) is 0 Å². The fourth-order valence-corrected chi connectivity index (χ4v) is 2.33. The lowest BCUT2D eigenvalue weighted by Crippen LogP contribution is -2.12. The van der Waals surface area contributed by atoms with Gasteiger partial charge in [0.2, 0.25) is 0 Å². The molecule has 1 aromatic carbocycles. The zero-order chi connectivity index (χ0) is 12.2. The van der Waals surface area contributed by atoms with E-state index in [4.69, 9.17) is 5.73 Å². The van der Waals surface area contributed by atoms with Crippen LogP contribution in [0.3, 0.4) is 0 Å². The number of sulfone groups is 1. The Labute approximate surface area is 94.1 Å². The van der Waals surface area contributed by atoms with E-state index >= 15 is 0 Å². The molecule has 1 aromatic rings. The van der Waals surface area contributed by atoms with Gasteiger partial charge in [-0.1, -0.05) is 0 Å². The molecule has 0 aromatic heterocycles. The van der Waals surface area contributed by atoms with Crippen LogP contribution in [0.2, 0.25) is 0 Å². The first-order valence-electron chi connectivity index (χ1n) is 4.61. The summed E-state index contributed by atoms with van der Waals surface area (Å²) in [5.41, 5.74) is 5.94. The van der Waals surface area contributed by atoms with Crippen molar-refractivity contribution in [3.63, 3.8) is 0 Å². The molecule has 0 fully saturated rings. The van der Waals surface area contributed by atoms with Gasteiger partial charge in [0.25, 0.3) is 0 Å². The molecule has 0 bridgehead atoms. The summed E-state index contributed by atoms with van der Waals surface area (Å²) in [4.78, 5) is 11.0. The number of hydrogen-bond donors (Lipinski definition) is 1. The van der Waals surface area contributed by atoms with Gasteiger partial charge in [0.05, 0.1) is 24.2 Å². The molecule has 0 aliphatic carbocycles. The lowest BCUT2D eigenvalue weighted by atomic mass is 10.3. The van der Waals surface area contributed by atoms with E-state index in [1.807, 2.05) is 0 Å². The molecule has 2 N–H and O–H groups in total. The van der Waals surface area contributed by atoms with Gasteiger partial charge in [0.15, 0.2) is 9.84 Å². The summed E-state index contributed by atoms with van der Waals surface area (Å²) in [6.07, 6.45) is -0.150. The highest BCUT2D eigenvalue weighted by Crippen LogP contribution is 2.14. The Hall–Kier alpha value is -1.56. The van der Waals surface area contributed by atoms with Gasteiger partial charge in [-0.05, 0) is 24.3 Å². The number of nitrogen functional groups attached to an aromatic ring is 1. The van der Waals surface area contributed by atoms with Crippen molar-refractivity contribution in [3.8, 4) is 0 Å². The molecule has 0 aliphatic rings. The van der Waals surface area contributed by atoms with Crippen molar-refractivity contribution in [2.24, 2.45) is 0 Å². The summed E-state index contributed by atoms with van der Waals surface area (Å²) in [6.45, 7) is 0. The van der Waals surface area contributed by atoms with Crippen LogP contribution in [0.25, 0.3) is 0 Å². The van der Waals surface area contributed by atoms with E-state index in [9.17, 15) is 13.2 Å². The minimum atomic E-state index is -3.44. The van der Waals surface area contributed by atoms with Gasteiger partial charge >= 0.3 is 5.97 Å². The highest BCUT2D eigenvalue weighted by molar-refractivity contribution is 7.91. The number of carbonyl (C=O) groups is 1. The molecular weight excluding hydrogens is 230 g/mol.